The van der Waals surface area contributed by atoms with E-state index in [9.17, 15) is 23.5 Å². The van der Waals surface area contributed by atoms with Crippen LogP contribution in [0.3, 0.4) is 0 Å². The number of rotatable bonds is 6. The van der Waals surface area contributed by atoms with Crippen molar-refractivity contribution in [2.45, 2.75) is 31.8 Å². The number of nitrogens with one attached hydrogen (secondary N) is 2. The van der Waals surface area contributed by atoms with Gasteiger partial charge < -0.3 is 15.7 Å². The Balaban J connectivity index is 1.76. The Hall–Kier alpha value is -2.02. The maximum Gasteiger partial charge on any atom is 0.239 e. The predicted octanol–water partition coefficient (Wildman–Crippen LogP) is 1.42. The van der Waals surface area contributed by atoms with Gasteiger partial charge >= 0.3 is 0 Å². The quantitative estimate of drug-likeness (QED) is 0.740. The molecule has 0 aliphatic heterocycles. The fourth-order valence-electron chi connectivity index (χ4n) is 2.70. The highest BCUT2D eigenvalue weighted by atomic mass is 19.1. The van der Waals surface area contributed by atoms with Gasteiger partial charge in [0.25, 0.3) is 0 Å². The molecule has 1 aromatic carbocycles. The molecule has 0 aromatic heterocycles. The summed E-state index contributed by atoms with van der Waals surface area (Å²) >= 11 is 0. The SMILES string of the molecule is O=C(CNC(=O)C1CCCC1)NCC(O)c1c(F)cccc1F. The van der Waals surface area contributed by atoms with E-state index in [0.29, 0.717) is 0 Å². The van der Waals surface area contributed by atoms with Gasteiger partial charge in [0.1, 0.15) is 17.7 Å². The Morgan fingerprint density at radius 3 is 2.39 bits per heavy atom. The largest absolute Gasteiger partial charge is 0.386 e. The predicted molar refractivity (Wildman–Crippen MR) is 79.3 cm³/mol. The maximum atomic E-state index is 13.5. The molecule has 0 saturated heterocycles. The van der Waals surface area contributed by atoms with E-state index in [1.54, 1.807) is 0 Å². The lowest BCUT2D eigenvalue weighted by molar-refractivity contribution is -0.128. The minimum absolute atomic E-state index is 0.0408. The molecule has 3 N–H and O–H groups in total. The van der Waals surface area contributed by atoms with Gasteiger partial charge in [-0.2, -0.15) is 0 Å². The Kier molecular flexibility index (Phi) is 6.04. The first-order valence-electron chi connectivity index (χ1n) is 7.65. The van der Waals surface area contributed by atoms with Crippen molar-refractivity contribution in [3.8, 4) is 0 Å². The van der Waals surface area contributed by atoms with Crippen molar-refractivity contribution in [1.29, 1.82) is 0 Å². The number of benzene rings is 1. The van der Waals surface area contributed by atoms with E-state index in [0.717, 1.165) is 37.8 Å². The van der Waals surface area contributed by atoms with Crippen LogP contribution in [0, 0.1) is 17.6 Å². The summed E-state index contributed by atoms with van der Waals surface area (Å²) in [5.74, 6) is -2.46. The Labute approximate surface area is 133 Å². The maximum absolute atomic E-state index is 13.5. The van der Waals surface area contributed by atoms with Gasteiger partial charge in [-0.3, -0.25) is 9.59 Å². The summed E-state index contributed by atoms with van der Waals surface area (Å²) in [4.78, 5) is 23.4. The zero-order valence-electron chi connectivity index (χ0n) is 12.6. The van der Waals surface area contributed by atoms with Crippen LogP contribution in [0.25, 0.3) is 0 Å². The highest BCUT2D eigenvalue weighted by Gasteiger charge is 2.23. The molecule has 2 amide bonds. The molecule has 0 spiro atoms. The Bertz CT molecular complexity index is 554. The number of carbonyl (C=O) groups excluding carboxylic acids is 2. The van der Waals surface area contributed by atoms with Crippen LogP contribution in [0.15, 0.2) is 18.2 Å². The van der Waals surface area contributed by atoms with Gasteiger partial charge in [-0.15, -0.1) is 0 Å². The molecule has 2 rings (SSSR count). The van der Waals surface area contributed by atoms with Crippen molar-refractivity contribution >= 4 is 11.8 Å². The molecule has 7 heteroatoms. The molecule has 1 aliphatic carbocycles. The molecule has 1 saturated carbocycles. The number of amides is 2. The molecular formula is C16H20F2N2O3. The van der Waals surface area contributed by atoms with Gasteiger partial charge in [-0.25, -0.2) is 8.78 Å². The van der Waals surface area contributed by atoms with Crippen LogP contribution in [0.4, 0.5) is 8.78 Å². The molecule has 0 radical (unpaired) electrons. The molecule has 1 atom stereocenters. The highest BCUT2D eigenvalue weighted by molar-refractivity contribution is 5.85. The highest BCUT2D eigenvalue weighted by Crippen LogP contribution is 2.24. The van der Waals surface area contributed by atoms with Gasteiger partial charge in [0, 0.05) is 12.5 Å². The van der Waals surface area contributed by atoms with Gasteiger partial charge in [0.05, 0.1) is 12.1 Å². The summed E-state index contributed by atoms with van der Waals surface area (Å²) in [5, 5.41) is 14.7. The minimum atomic E-state index is -1.49. The van der Waals surface area contributed by atoms with Crippen LogP contribution in [0.1, 0.15) is 37.4 Å². The lowest BCUT2D eigenvalue weighted by Crippen LogP contribution is -2.40. The second-order valence-electron chi connectivity index (χ2n) is 5.65. The number of aliphatic hydroxyl groups is 1. The monoisotopic (exact) mass is 326 g/mol. The Morgan fingerprint density at radius 1 is 1.17 bits per heavy atom. The second kappa shape index (κ2) is 8.01. The molecule has 0 heterocycles. The standard InChI is InChI=1S/C16H20F2N2O3/c17-11-6-3-7-12(18)15(11)13(21)8-19-14(22)9-20-16(23)10-4-1-2-5-10/h3,6-7,10,13,21H,1-2,4-5,8-9H2,(H,19,22)(H,20,23). The van der Waals surface area contributed by atoms with Crippen molar-refractivity contribution in [2.24, 2.45) is 5.92 Å². The van der Waals surface area contributed by atoms with Crippen LogP contribution < -0.4 is 10.6 Å². The van der Waals surface area contributed by atoms with Crippen LogP contribution in [0.5, 0.6) is 0 Å². The van der Waals surface area contributed by atoms with E-state index >= 15 is 0 Å². The van der Waals surface area contributed by atoms with E-state index in [1.807, 2.05) is 0 Å². The van der Waals surface area contributed by atoms with E-state index in [2.05, 4.69) is 10.6 Å². The lowest BCUT2D eigenvalue weighted by Gasteiger charge is -2.14. The lowest BCUT2D eigenvalue weighted by atomic mass is 10.1. The van der Waals surface area contributed by atoms with Gasteiger partial charge in [0.2, 0.25) is 11.8 Å². The zero-order chi connectivity index (χ0) is 16.8. The molecule has 0 bridgehead atoms. The fourth-order valence-corrected chi connectivity index (χ4v) is 2.70. The first-order valence-corrected chi connectivity index (χ1v) is 7.65. The topological polar surface area (TPSA) is 78.4 Å². The van der Waals surface area contributed by atoms with E-state index in [1.165, 1.54) is 6.07 Å². The fraction of sp³-hybridized carbons (Fsp3) is 0.500. The number of halogens is 2. The molecular weight excluding hydrogens is 306 g/mol. The van der Waals surface area contributed by atoms with E-state index in [-0.39, 0.29) is 24.9 Å². The Morgan fingerprint density at radius 2 is 1.78 bits per heavy atom. The third-order valence-corrected chi connectivity index (χ3v) is 3.97. The van der Waals surface area contributed by atoms with Gasteiger partial charge in [-0.1, -0.05) is 18.9 Å². The third-order valence-electron chi connectivity index (χ3n) is 3.97. The molecule has 23 heavy (non-hydrogen) atoms. The number of aliphatic hydroxyl groups excluding tert-OH is 1. The zero-order valence-corrected chi connectivity index (χ0v) is 12.6. The van der Waals surface area contributed by atoms with E-state index in [4.69, 9.17) is 0 Å². The third kappa shape index (κ3) is 4.72. The summed E-state index contributed by atoms with van der Waals surface area (Å²) in [6, 6.07) is 3.26. The first kappa shape index (κ1) is 17.3. The van der Waals surface area contributed by atoms with E-state index < -0.39 is 29.2 Å². The molecule has 126 valence electrons. The van der Waals surface area contributed by atoms with Crippen molar-refractivity contribution in [2.75, 3.05) is 13.1 Å². The van der Waals surface area contributed by atoms with Crippen LogP contribution in [0.2, 0.25) is 0 Å². The van der Waals surface area contributed by atoms with Gasteiger partial charge in [0.15, 0.2) is 0 Å². The molecule has 5 nitrogen and oxygen atoms in total. The minimum Gasteiger partial charge on any atom is -0.386 e. The molecule has 1 aliphatic rings. The van der Waals surface area contributed by atoms with Crippen LogP contribution in [-0.4, -0.2) is 30.0 Å². The van der Waals surface area contributed by atoms with Crippen molar-refractivity contribution < 1.29 is 23.5 Å². The number of carbonyl (C=O) groups is 2. The second-order valence-corrected chi connectivity index (χ2v) is 5.65. The van der Waals surface area contributed by atoms with Crippen LogP contribution >= 0.6 is 0 Å². The summed E-state index contributed by atoms with van der Waals surface area (Å²) in [7, 11) is 0. The smallest absolute Gasteiger partial charge is 0.239 e. The van der Waals surface area contributed by atoms with Gasteiger partial charge in [-0.05, 0) is 25.0 Å². The molecule has 1 fully saturated rings. The normalized spacial score (nSPS) is 16.1. The van der Waals surface area contributed by atoms with Crippen molar-refractivity contribution in [1.82, 2.24) is 10.6 Å². The summed E-state index contributed by atoms with van der Waals surface area (Å²) in [5.41, 5.74) is -0.484. The summed E-state index contributed by atoms with van der Waals surface area (Å²) in [6.07, 6.45) is 2.21. The summed E-state index contributed by atoms with van der Waals surface area (Å²) < 4.78 is 27.0. The van der Waals surface area contributed by atoms with Crippen molar-refractivity contribution in [3.63, 3.8) is 0 Å². The summed E-state index contributed by atoms with van der Waals surface area (Å²) in [6.45, 7) is -0.558. The molecule has 1 unspecified atom stereocenters. The van der Waals surface area contributed by atoms with Crippen LogP contribution in [-0.2, 0) is 9.59 Å². The molecule has 1 aromatic rings. The first-order chi connectivity index (χ1) is 11.0. The number of hydrogen-bond donors (Lipinski definition) is 3. The average Bonchev–Trinajstić information content (AvgIpc) is 3.05. The number of hydrogen-bond acceptors (Lipinski definition) is 3. The average molecular weight is 326 g/mol. The van der Waals surface area contributed by atoms with Crippen molar-refractivity contribution in [3.05, 3.63) is 35.4 Å².